The van der Waals surface area contributed by atoms with Gasteiger partial charge in [0.1, 0.15) is 42.5 Å². The van der Waals surface area contributed by atoms with E-state index >= 15 is 0 Å². The van der Waals surface area contributed by atoms with E-state index in [4.69, 9.17) is 33.3 Å². The zero-order valence-electron chi connectivity index (χ0n) is 32.3. The van der Waals surface area contributed by atoms with Crippen molar-refractivity contribution in [1.29, 1.82) is 0 Å². The Balaban J connectivity index is 1.56. The highest BCUT2D eigenvalue weighted by molar-refractivity contribution is 8.77. The van der Waals surface area contributed by atoms with Gasteiger partial charge in [-0.3, -0.25) is 18.9 Å². The van der Waals surface area contributed by atoms with Crippen molar-refractivity contribution in [3.8, 4) is 11.8 Å². The second kappa shape index (κ2) is 23.4. The first-order valence-corrected chi connectivity index (χ1v) is 26.8. The minimum Gasteiger partial charge on any atom is -0.446 e. The van der Waals surface area contributed by atoms with Gasteiger partial charge in [-0.25, -0.2) is 23.3 Å². The number of H-pyrrole nitrogens is 1. The first-order valence-electron chi connectivity index (χ1n) is 17.6. The number of aromatic nitrogens is 2. The van der Waals surface area contributed by atoms with Crippen molar-refractivity contribution < 1.29 is 70.2 Å². The standard InChI is InChI=1S/C31H50N3O17P3S4/c1-30(2,3)57-56-21-46-24-16-26(49-25(24)18-47-53(41,42)51-54(43,44)50-52(38,39)40)34-17-22(27(35)33-28(34)36)12-11-15-45-20-55-58-31(4,5)19-32-29(37)48-23-13-9-7-6-8-10-14-23/h6-7,17,23-26H,8-10,13-16,18-21H2,1-5H3,(H,32,37)(H,41,42)(H,43,44)(H,33,35,36)(H2,38,39,40)/b7-6+/t23?,24-,25-,26-/m1/s1. The van der Waals surface area contributed by atoms with Crippen molar-refractivity contribution in [3.63, 3.8) is 0 Å². The molecule has 1 amide bonds. The summed E-state index contributed by atoms with van der Waals surface area (Å²) < 4.78 is 71.0. The predicted molar refractivity (Wildman–Crippen MR) is 222 cm³/mol. The Labute approximate surface area is 351 Å². The number of phosphoric ester groups is 1. The summed E-state index contributed by atoms with van der Waals surface area (Å²) in [5.41, 5.74) is -1.74. The zero-order chi connectivity index (χ0) is 43.2. The molecule has 3 unspecified atom stereocenters. The van der Waals surface area contributed by atoms with Crippen LogP contribution in [0.1, 0.15) is 84.9 Å². The van der Waals surface area contributed by atoms with E-state index in [2.05, 4.69) is 42.9 Å². The van der Waals surface area contributed by atoms with Crippen LogP contribution in [0.4, 0.5) is 4.79 Å². The first kappa shape index (κ1) is 51.3. The molecule has 1 fully saturated rings. The molecule has 20 nitrogen and oxygen atoms in total. The number of nitrogens with zero attached hydrogens (tertiary/aromatic N) is 1. The summed E-state index contributed by atoms with van der Waals surface area (Å²) in [5, 5.41) is 2.84. The number of nitrogens with one attached hydrogen (secondary N) is 2. The quantitative estimate of drug-likeness (QED) is 0.0225. The minimum atomic E-state index is -5.76. The van der Waals surface area contributed by atoms with Gasteiger partial charge in [-0.1, -0.05) is 87.9 Å². The van der Waals surface area contributed by atoms with Gasteiger partial charge < -0.3 is 43.8 Å². The molecule has 6 atom stereocenters. The summed E-state index contributed by atoms with van der Waals surface area (Å²) in [6.45, 7) is 9.39. The number of rotatable bonds is 20. The van der Waals surface area contributed by atoms with E-state index in [1.165, 1.54) is 49.4 Å². The summed E-state index contributed by atoms with van der Waals surface area (Å²) in [6.07, 6.45) is 6.14. The highest BCUT2D eigenvalue weighted by Crippen LogP contribution is 2.66. The third kappa shape index (κ3) is 20.7. The number of carbonyl (C=O) groups excluding carboxylic acids is 1. The van der Waals surface area contributed by atoms with Gasteiger partial charge in [0.2, 0.25) is 0 Å². The molecule has 1 aliphatic heterocycles. The molecule has 0 spiro atoms. The molecule has 1 aromatic heterocycles. The lowest BCUT2D eigenvalue weighted by Crippen LogP contribution is -2.37. The van der Waals surface area contributed by atoms with Crippen molar-refractivity contribution in [2.45, 2.75) is 107 Å². The molecule has 1 aliphatic carbocycles. The average molecular weight is 958 g/mol. The van der Waals surface area contributed by atoms with Gasteiger partial charge >= 0.3 is 35.3 Å². The SMILES string of the molecule is CC(C)(C)SSCO[C@@H]1C[C@H](n2cc(C#CCOCSSC(C)(C)CNC(=O)OC3CC/C=C/CCC3)c(=O)[nH]c2=O)O[C@@H]1COP(=O)(O)OP(=O)(O)OP(=O)(O)O. The molecule has 0 bridgehead atoms. The second-order valence-electron chi connectivity index (χ2n) is 14.2. The average Bonchev–Trinajstić information content (AvgIpc) is 3.47. The van der Waals surface area contributed by atoms with Crippen LogP contribution in [-0.4, -0.2) is 94.7 Å². The summed E-state index contributed by atoms with van der Waals surface area (Å²) in [5.74, 6) is 5.73. The molecule has 0 aromatic carbocycles. The monoisotopic (exact) mass is 957 g/mol. The van der Waals surface area contributed by atoms with Crippen molar-refractivity contribution >= 4 is 72.7 Å². The van der Waals surface area contributed by atoms with Crippen molar-refractivity contribution in [1.82, 2.24) is 14.9 Å². The third-order valence-corrected chi connectivity index (χ3v) is 17.1. The number of hydrogen-bond acceptors (Lipinski definition) is 17. The molecule has 3 rings (SSSR count). The summed E-state index contributed by atoms with van der Waals surface area (Å²) >= 11 is 0. The van der Waals surface area contributed by atoms with Gasteiger partial charge in [0.25, 0.3) is 5.56 Å². The number of carbonyl (C=O) groups is 1. The first-order chi connectivity index (χ1) is 26.9. The zero-order valence-corrected chi connectivity index (χ0v) is 38.3. The van der Waals surface area contributed by atoms with Gasteiger partial charge in [0.05, 0.1) is 12.7 Å². The molecule has 6 N–H and O–H groups in total. The predicted octanol–water partition coefficient (Wildman–Crippen LogP) is 5.79. The molecule has 0 saturated carbocycles. The van der Waals surface area contributed by atoms with Gasteiger partial charge in [0.15, 0.2) is 0 Å². The molecule has 27 heteroatoms. The van der Waals surface area contributed by atoms with Crippen LogP contribution in [0.15, 0.2) is 27.9 Å². The third-order valence-electron chi connectivity index (χ3n) is 7.38. The molecule has 330 valence electrons. The number of phosphoric acid groups is 3. The lowest BCUT2D eigenvalue weighted by atomic mass is 10.0. The Morgan fingerprint density at radius 1 is 1.00 bits per heavy atom. The van der Waals surface area contributed by atoms with E-state index in [-0.39, 0.29) is 46.1 Å². The van der Waals surface area contributed by atoms with Gasteiger partial charge in [-0.15, -0.1) is 0 Å². The Kier molecular flexibility index (Phi) is 20.7. The van der Waals surface area contributed by atoms with Crippen LogP contribution in [0.2, 0.25) is 0 Å². The van der Waals surface area contributed by atoms with Crippen molar-refractivity contribution in [2.24, 2.45) is 0 Å². The highest BCUT2D eigenvalue weighted by Gasteiger charge is 2.43. The fraction of sp³-hybridized carbons (Fsp3) is 0.710. The molecule has 2 aliphatic rings. The second-order valence-corrected chi connectivity index (χ2v) is 24.6. The maximum absolute atomic E-state index is 12.9. The van der Waals surface area contributed by atoms with Gasteiger partial charge in [0, 0.05) is 28.7 Å². The molecule has 58 heavy (non-hydrogen) atoms. The summed E-state index contributed by atoms with van der Waals surface area (Å²) in [4.78, 5) is 77.0. The van der Waals surface area contributed by atoms with E-state index in [0.29, 0.717) is 6.54 Å². The Morgan fingerprint density at radius 2 is 1.71 bits per heavy atom. The largest absolute Gasteiger partial charge is 0.490 e. The van der Waals surface area contributed by atoms with E-state index in [1.54, 1.807) is 0 Å². The van der Waals surface area contributed by atoms with Crippen molar-refractivity contribution in [2.75, 3.05) is 31.6 Å². The number of hydrogen-bond donors (Lipinski definition) is 6. The Hall–Kier alpha value is -1.06. The van der Waals surface area contributed by atoms with E-state index in [9.17, 15) is 37.9 Å². The van der Waals surface area contributed by atoms with Crippen LogP contribution < -0.4 is 16.6 Å². The number of aromatic amines is 1. The van der Waals surface area contributed by atoms with Crippen LogP contribution >= 0.6 is 66.6 Å². The molecule has 2 heterocycles. The molecule has 1 aromatic rings. The smallest absolute Gasteiger partial charge is 0.446 e. The maximum atomic E-state index is 12.9. The van der Waals surface area contributed by atoms with E-state index in [1.807, 2.05) is 34.6 Å². The molecular weight excluding hydrogens is 908 g/mol. The van der Waals surface area contributed by atoms with Crippen LogP contribution in [-0.2, 0) is 45.8 Å². The molecular formula is C31H50N3O17P3S4. The highest BCUT2D eigenvalue weighted by atomic mass is 33.1. The van der Waals surface area contributed by atoms with Crippen LogP contribution in [0.25, 0.3) is 0 Å². The summed E-state index contributed by atoms with van der Waals surface area (Å²) in [7, 11) is -11.1. The van der Waals surface area contributed by atoms with Crippen LogP contribution in [0.5, 0.6) is 0 Å². The number of alkyl carbamates (subject to hydrolysis) is 1. The Bertz CT molecular complexity index is 1880. The fourth-order valence-electron chi connectivity index (χ4n) is 4.96. The number of ether oxygens (including phenoxy) is 4. The summed E-state index contributed by atoms with van der Waals surface area (Å²) in [6, 6.07) is 0. The Morgan fingerprint density at radius 3 is 2.41 bits per heavy atom. The van der Waals surface area contributed by atoms with Crippen LogP contribution in [0, 0.1) is 11.8 Å². The van der Waals surface area contributed by atoms with Crippen LogP contribution in [0.3, 0.4) is 0 Å². The topological polar surface area (TPSA) is 281 Å². The fourth-order valence-corrected chi connectivity index (χ4v) is 12.1. The maximum Gasteiger partial charge on any atom is 0.490 e. The lowest BCUT2D eigenvalue weighted by Gasteiger charge is -2.24. The normalized spacial score (nSPS) is 23.1. The van der Waals surface area contributed by atoms with Crippen molar-refractivity contribution in [3.05, 3.63) is 44.8 Å². The lowest BCUT2D eigenvalue weighted by molar-refractivity contribution is -0.0543. The van der Waals surface area contributed by atoms with E-state index in [0.717, 1.165) is 36.7 Å². The number of amides is 1. The number of allylic oxidation sites excluding steroid dienone is 2. The molecule has 1 saturated heterocycles. The molecule has 0 radical (unpaired) electrons. The van der Waals surface area contributed by atoms with E-state index < -0.39 is 65.9 Å². The van der Waals surface area contributed by atoms with Gasteiger partial charge in [-0.2, -0.15) is 8.62 Å². The minimum absolute atomic E-state index is 0.0343. The van der Waals surface area contributed by atoms with Gasteiger partial charge in [-0.05, 0) is 46.0 Å².